The average Bonchev–Trinajstić information content (AvgIpc) is 2.63. The highest BCUT2D eigenvalue weighted by atomic mass is 16.1. The van der Waals surface area contributed by atoms with E-state index in [4.69, 9.17) is 11.5 Å². The first-order valence-electron chi connectivity index (χ1n) is 6.19. The van der Waals surface area contributed by atoms with Crippen LogP contribution in [-0.4, -0.2) is 20.7 Å². The molecule has 0 spiro atoms. The van der Waals surface area contributed by atoms with Crippen LogP contribution in [0, 0.1) is 13.8 Å². The summed E-state index contributed by atoms with van der Waals surface area (Å²) in [4.78, 5) is 15.2. The molecule has 0 aliphatic rings. The van der Waals surface area contributed by atoms with Gasteiger partial charge < -0.3 is 16.8 Å². The van der Waals surface area contributed by atoms with E-state index in [0.29, 0.717) is 18.1 Å². The molecule has 2 heterocycles. The summed E-state index contributed by atoms with van der Waals surface area (Å²) in [6, 6.07) is 3.11. The van der Waals surface area contributed by atoms with E-state index < -0.39 is 5.91 Å². The zero-order chi connectivity index (χ0) is 14.9. The summed E-state index contributed by atoms with van der Waals surface area (Å²) in [7, 11) is 1.89. The van der Waals surface area contributed by atoms with Crippen LogP contribution in [0.15, 0.2) is 12.1 Å². The summed E-state index contributed by atoms with van der Waals surface area (Å²) in [5, 5.41) is 7.46. The molecule has 5 N–H and O–H groups in total. The van der Waals surface area contributed by atoms with Gasteiger partial charge in [0.05, 0.1) is 11.4 Å². The lowest BCUT2D eigenvalue weighted by Gasteiger charge is -2.09. The minimum atomic E-state index is -0.582. The molecule has 0 aliphatic carbocycles. The molecule has 0 aliphatic heterocycles. The van der Waals surface area contributed by atoms with Gasteiger partial charge in [-0.1, -0.05) is 0 Å². The average molecular weight is 274 g/mol. The smallest absolute Gasteiger partial charge is 0.267 e. The van der Waals surface area contributed by atoms with E-state index in [9.17, 15) is 4.79 Å². The van der Waals surface area contributed by atoms with Crippen molar-refractivity contribution in [2.75, 3.05) is 11.1 Å². The molecule has 7 heteroatoms. The van der Waals surface area contributed by atoms with E-state index in [2.05, 4.69) is 15.4 Å². The minimum Gasteiger partial charge on any atom is -0.396 e. The van der Waals surface area contributed by atoms with Gasteiger partial charge >= 0.3 is 0 Å². The fourth-order valence-electron chi connectivity index (χ4n) is 1.99. The number of primary amides is 1. The number of aryl methyl sites for hydroxylation is 2. The first-order chi connectivity index (χ1) is 9.40. The van der Waals surface area contributed by atoms with E-state index in [1.54, 1.807) is 6.07 Å². The maximum atomic E-state index is 11.1. The number of hydrogen-bond acceptors (Lipinski definition) is 5. The number of carbonyl (C=O) groups excluding carboxylic acids is 1. The molecule has 0 saturated carbocycles. The molecule has 0 saturated heterocycles. The van der Waals surface area contributed by atoms with Crippen LogP contribution >= 0.6 is 0 Å². The number of hydrogen-bond donors (Lipinski definition) is 3. The van der Waals surface area contributed by atoms with E-state index in [1.165, 1.54) is 6.07 Å². The number of pyridine rings is 1. The van der Waals surface area contributed by atoms with Crippen LogP contribution in [0.4, 0.5) is 11.5 Å². The maximum absolute atomic E-state index is 11.1. The first-order valence-corrected chi connectivity index (χ1v) is 6.19. The number of amides is 1. The van der Waals surface area contributed by atoms with Gasteiger partial charge in [-0.05, 0) is 26.0 Å². The van der Waals surface area contributed by atoms with Gasteiger partial charge in [0.15, 0.2) is 0 Å². The van der Waals surface area contributed by atoms with Crippen molar-refractivity contribution in [3.63, 3.8) is 0 Å². The molecular weight excluding hydrogens is 256 g/mol. The summed E-state index contributed by atoms with van der Waals surface area (Å²) in [5.74, 6) is -0.134. The van der Waals surface area contributed by atoms with E-state index in [1.807, 2.05) is 25.6 Å². The molecule has 1 amide bonds. The van der Waals surface area contributed by atoms with Gasteiger partial charge in [-0.2, -0.15) is 5.10 Å². The number of nitrogens with zero attached hydrogens (tertiary/aromatic N) is 3. The molecule has 106 valence electrons. The Labute approximate surface area is 117 Å². The Balaban J connectivity index is 2.22. The number of anilines is 2. The normalized spacial score (nSPS) is 10.6. The summed E-state index contributed by atoms with van der Waals surface area (Å²) >= 11 is 0. The SMILES string of the molecule is Cc1nn(C)c(C)c1CNc1nc(C(N)=O)ccc1N. The molecular formula is C13H18N6O. The Morgan fingerprint density at radius 2 is 2.10 bits per heavy atom. The summed E-state index contributed by atoms with van der Waals surface area (Å²) < 4.78 is 1.82. The molecule has 0 atom stereocenters. The van der Waals surface area contributed by atoms with Gasteiger partial charge in [-0.25, -0.2) is 4.98 Å². The highest BCUT2D eigenvalue weighted by Gasteiger charge is 2.11. The Hall–Kier alpha value is -2.57. The van der Waals surface area contributed by atoms with Crippen molar-refractivity contribution in [1.82, 2.24) is 14.8 Å². The largest absolute Gasteiger partial charge is 0.396 e. The molecule has 0 unspecified atom stereocenters. The molecule has 2 aromatic rings. The van der Waals surface area contributed by atoms with E-state index in [0.717, 1.165) is 17.0 Å². The van der Waals surface area contributed by atoms with Crippen molar-refractivity contribution >= 4 is 17.4 Å². The van der Waals surface area contributed by atoms with Crippen LogP contribution in [-0.2, 0) is 13.6 Å². The Morgan fingerprint density at radius 1 is 1.40 bits per heavy atom. The van der Waals surface area contributed by atoms with Crippen molar-refractivity contribution in [3.05, 3.63) is 34.8 Å². The summed E-state index contributed by atoms with van der Waals surface area (Å²) in [5.41, 5.74) is 14.8. The number of rotatable bonds is 4. The lowest BCUT2D eigenvalue weighted by atomic mass is 10.2. The third-order valence-electron chi connectivity index (χ3n) is 3.27. The molecule has 20 heavy (non-hydrogen) atoms. The molecule has 2 rings (SSSR count). The summed E-state index contributed by atoms with van der Waals surface area (Å²) in [6.07, 6.45) is 0. The predicted octanol–water partition coefficient (Wildman–Crippen LogP) is 0.725. The lowest BCUT2D eigenvalue weighted by Crippen LogP contribution is -2.15. The maximum Gasteiger partial charge on any atom is 0.267 e. The van der Waals surface area contributed by atoms with Crippen molar-refractivity contribution < 1.29 is 4.79 Å². The van der Waals surface area contributed by atoms with Gasteiger partial charge in [0.1, 0.15) is 11.5 Å². The van der Waals surface area contributed by atoms with Gasteiger partial charge in [0.2, 0.25) is 0 Å². The number of nitrogens with one attached hydrogen (secondary N) is 1. The zero-order valence-corrected chi connectivity index (χ0v) is 11.8. The second-order valence-corrected chi connectivity index (χ2v) is 4.63. The Bertz CT molecular complexity index is 661. The fraction of sp³-hybridized carbons (Fsp3) is 0.308. The topological polar surface area (TPSA) is 112 Å². The van der Waals surface area contributed by atoms with Crippen LogP contribution < -0.4 is 16.8 Å². The van der Waals surface area contributed by atoms with Gasteiger partial charge in [0.25, 0.3) is 5.91 Å². The Kier molecular flexibility index (Phi) is 3.60. The molecule has 0 fully saturated rings. The van der Waals surface area contributed by atoms with Crippen LogP contribution in [0.25, 0.3) is 0 Å². The van der Waals surface area contributed by atoms with Crippen LogP contribution in [0.5, 0.6) is 0 Å². The highest BCUT2D eigenvalue weighted by molar-refractivity contribution is 5.91. The van der Waals surface area contributed by atoms with Crippen LogP contribution in [0.1, 0.15) is 27.4 Å². The van der Waals surface area contributed by atoms with E-state index in [-0.39, 0.29) is 5.69 Å². The van der Waals surface area contributed by atoms with Gasteiger partial charge in [-0.15, -0.1) is 0 Å². The number of aromatic nitrogens is 3. The molecule has 0 radical (unpaired) electrons. The second kappa shape index (κ2) is 5.20. The summed E-state index contributed by atoms with van der Waals surface area (Å²) in [6.45, 7) is 4.47. The van der Waals surface area contributed by atoms with Crippen molar-refractivity contribution in [1.29, 1.82) is 0 Å². The fourth-order valence-corrected chi connectivity index (χ4v) is 1.99. The third kappa shape index (κ3) is 2.56. The van der Waals surface area contributed by atoms with Crippen molar-refractivity contribution in [3.8, 4) is 0 Å². The number of nitrogen functional groups attached to an aromatic ring is 1. The third-order valence-corrected chi connectivity index (χ3v) is 3.27. The highest BCUT2D eigenvalue weighted by Crippen LogP contribution is 2.19. The molecule has 0 bridgehead atoms. The Morgan fingerprint density at radius 3 is 2.65 bits per heavy atom. The quantitative estimate of drug-likeness (QED) is 0.760. The first kappa shape index (κ1) is 13.9. The number of nitrogens with two attached hydrogens (primary N) is 2. The van der Waals surface area contributed by atoms with Crippen molar-refractivity contribution in [2.45, 2.75) is 20.4 Å². The van der Waals surface area contributed by atoms with E-state index >= 15 is 0 Å². The predicted molar refractivity (Wildman–Crippen MR) is 77.2 cm³/mol. The number of carbonyl (C=O) groups is 1. The van der Waals surface area contributed by atoms with Gasteiger partial charge in [0, 0.05) is 24.8 Å². The molecule has 7 nitrogen and oxygen atoms in total. The van der Waals surface area contributed by atoms with Crippen molar-refractivity contribution in [2.24, 2.45) is 12.8 Å². The van der Waals surface area contributed by atoms with Crippen LogP contribution in [0.3, 0.4) is 0 Å². The van der Waals surface area contributed by atoms with Crippen LogP contribution in [0.2, 0.25) is 0 Å². The standard InChI is InChI=1S/C13H18N6O/c1-7-9(8(2)19(3)18-7)6-16-13-10(14)4-5-11(17-13)12(15)20/h4-5H,6,14H2,1-3H3,(H2,15,20)(H,16,17). The zero-order valence-electron chi connectivity index (χ0n) is 11.8. The molecule has 0 aromatic carbocycles. The minimum absolute atomic E-state index is 0.182. The lowest BCUT2D eigenvalue weighted by molar-refractivity contribution is 0.0996. The molecule has 2 aromatic heterocycles. The monoisotopic (exact) mass is 274 g/mol. The second-order valence-electron chi connectivity index (χ2n) is 4.63. The van der Waals surface area contributed by atoms with Gasteiger partial charge in [-0.3, -0.25) is 9.48 Å².